The van der Waals surface area contributed by atoms with Crippen LogP contribution < -0.4 is 24.0 Å². The van der Waals surface area contributed by atoms with Crippen molar-refractivity contribution in [1.82, 2.24) is 0 Å². The van der Waals surface area contributed by atoms with E-state index in [0.717, 1.165) is 16.2 Å². The number of amides is 2. The summed E-state index contributed by atoms with van der Waals surface area (Å²) in [4.78, 5) is 58.0. The highest BCUT2D eigenvalue weighted by molar-refractivity contribution is 6.24. The van der Waals surface area contributed by atoms with Gasteiger partial charge in [-0.15, -0.1) is 0 Å². The Morgan fingerprint density at radius 2 is 1.45 bits per heavy atom. The number of hydrogen-bond donors (Lipinski definition) is 0. The number of benzene rings is 4. The molecule has 0 N–H and O–H groups in total. The third-order valence-electron chi connectivity index (χ3n) is 8.64. The quantitative estimate of drug-likeness (QED) is 0.145. The fraction of sp³-hybridized carbons (Fsp3) is 0.143. The van der Waals surface area contributed by atoms with Crippen LogP contribution in [0.1, 0.15) is 21.5 Å². The highest BCUT2D eigenvalue weighted by atomic mass is 16.7. The number of carbonyl (C=O) groups is 4. The summed E-state index contributed by atoms with van der Waals surface area (Å²) >= 11 is 0. The fourth-order valence-corrected chi connectivity index (χ4v) is 6.67. The lowest BCUT2D eigenvalue weighted by Crippen LogP contribution is -2.50. The maximum atomic E-state index is 14.1. The van der Waals surface area contributed by atoms with Gasteiger partial charge >= 0.3 is 5.97 Å². The number of imide groups is 1. The van der Waals surface area contributed by atoms with Crippen molar-refractivity contribution in [2.75, 3.05) is 16.6 Å². The van der Waals surface area contributed by atoms with Crippen LogP contribution in [0.2, 0.25) is 0 Å². The van der Waals surface area contributed by atoms with E-state index in [2.05, 4.69) is 0 Å². The van der Waals surface area contributed by atoms with Crippen LogP contribution in [0.5, 0.6) is 17.2 Å². The van der Waals surface area contributed by atoms with Crippen molar-refractivity contribution in [2.24, 2.45) is 11.8 Å². The lowest BCUT2D eigenvalue weighted by molar-refractivity contribution is -0.139. The van der Waals surface area contributed by atoms with Gasteiger partial charge in [-0.05, 0) is 48.0 Å². The molecule has 4 heterocycles. The van der Waals surface area contributed by atoms with Crippen LogP contribution in [0, 0.1) is 11.8 Å². The molecule has 9 heteroatoms. The van der Waals surface area contributed by atoms with Gasteiger partial charge < -0.3 is 19.1 Å². The molecule has 2 saturated heterocycles. The minimum absolute atomic E-state index is 0.0580. The van der Waals surface area contributed by atoms with Crippen LogP contribution in [0.3, 0.4) is 0 Å². The molecule has 4 aromatic rings. The molecule has 2 amide bonds. The first-order valence-corrected chi connectivity index (χ1v) is 14.2. The van der Waals surface area contributed by atoms with Gasteiger partial charge in [-0.25, -0.2) is 9.69 Å². The lowest BCUT2D eigenvalue weighted by atomic mass is 9.89. The van der Waals surface area contributed by atoms with Gasteiger partial charge in [0.25, 0.3) is 0 Å². The van der Waals surface area contributed by atoms with Gasteiger partial charge in [0, 0.05) is 22.9 Å². The minimum Gasteiger partial charge on any atom is -0.454 e. The number of fused-ring (bicyclic) bond motifs is 6. The van der Waals surface area contributed by atoms with Crippen LogP contribution in [0.25, 0.3) is 6.08 Å². The van der Waals surface area contributed by atoms with Gasteiger partial charge in [-0.3, -0.25) is 14.4 Å². The van der Waals surface area contributed by atoms with Gasteiger partial charge in [0.2, 0.25) is 18.6 Å². The van der Waals surface area contributed by atoms with Crippen molar-refractivity contribution in [3.8, 4) is 17.2 Å². The second-order valence-electron chi connectivity index (χ2n) is 11.0. The fourth-order valence-electron chi connectivity index (χ4n) is 6.67. The van der Waals surface area contributed by atoms with E-state index in [1.807, 2.05) is 47.4 Å². The Hall–Kier alpha value is -5.70. The summed E-state index contributed by atoms with van der Waals surface area (Å²) in [6, 6.07) is 26.1. The summed E-state index contributed by atoms with van der Waals surface area (Å²) in [5.41, 5.74) is 2.97. The molecule has 9 nitrogen and oxygen atoms in total. The molecule has 4 aliphatic heterocycles. The standard InChI is InChI=1S/C35H24N2O7/c38-32(21-7-2-1-3-8-21)22-10-14-24(15-11-22)44-35(41)31-30-29(26-16-12-20-6-4-5-9-25(20)37(26)31)33(39)36(34(30)40)23-13-17-27-28(18-23)43-19-42-27/h1-18,26,29-31H,19H2/t26-,29-,30-,31+/m0/s1. The number of carbonyl (C=O) groups excluding carboxylic acids is 4. The summed E-state index contributed by atoms with van der Waals surface area (Å²) in [6.07, 6.45) is 3.80. The zero-order valence-corrected chi connectivity index (χ0v) is 23.2. The molecule has 4 atom stereocenters. The number of rotatable bonds is 5. The van der Waals surface area contributed by atoms with Crippen molar-refractivity contribution < 1.29 is 33.4 Å². The third kappa shape index (κ3) is 3.93. The van der Waals surface area contributed by atoms with Gasteiger partial charge in [0.15, 0.2) is 17.3 Å². The molecule has 0 saturated carbocycles. The highest BCUT2D eigenvalue weighted by Gasteiger charge is 2.65. The monoisotopic (exact) mass is 584 g/mol. The van der Waals surface area contributed by atoms with Crippen molar-refractivity contribution in [3.63, 3.8) is 0 Å². The zero-order chi connectivity index (χ0) is 29.9. The first-order chi connectivity index (χ1) is 21.5. The predicted octanol–water partition coefficient (Wildman–Crippen LogP) is 4.64. The van der Waals surface area contributed by atoms with Crippen LogP contribution in [0.4, 0.5) is 11.4 Å². The average Bonchev–Trinajstić information content (AvgIpc) is 3.74. The van der Waals surface area contributed by atoms with E-state index in [9.17, 15) is 19.2 Å². The Balaban J connectivity index is 1.13. The smallest absolute Gasteiger partial charge is 0.335 e. The third-order valence-corrected chi connectivity index (χ3v) is 8.64. The SMILES string of the molecule is O=C(c1ccccc1)c1ccc(OC(=O)[C@H]2[C@H]3C(=O)N(c4ccc5c(c4)OCO5)C(=O)[C@H]3[C@@H]3C=Cc4ccccc4N32)cc1. The molecule has 0 aromatic heterocycles. The van der Waals surface area contributed by atoms with E-state index in [1.165, 1.54) is 0 Å². The Morgan fingerprint density at radius 1 is 0.750 bits per heavy atom. The van der Waals surface area contributed by atoms with Gasteiger partial charge in [0.05, 0.1) is 23.6 Å². The zero-order valence-electron chi connectivity index (χ0n) is 23.2. The summed E-state index contributed by atoms with van der Waals surface area (Å²) in [7, 11) is 0. The number of para-hydroxylation sites is 1. The van der Waals surface area contributed by atoms with Crippen molar-refractivity contribution in [1.29, 1.82) is 0 Å². The Bertz CT molecular complexity index is 1890. The number of esters is 1. The number of hydrogen-bond acceptors (Lipinski definition) is 8. The van der Waals surface area contributed by atoms with E-state index in [-0.39, 0.29) is 18.3 Å². The van der Waals surface area contributed by atoms with Gasteiger partial charge in [0.1, 0.15) is 11.8 Å². The first kappa shape index (κ1) is 26.0. The summed E-state index contributed by atoms with van der Waals surface area (Å²) in [5, 5.41) is 0. The largest absolute Gasteiger partial charge is 0.454 e. The minimum atomic E-state index is -1.07. The summed E-state index contributed by atoms with van der Waals surface area (Å²) in [5.74, 6) is -2.28. The molecular weight excluding hydrogens is 560 g/mol. The van der Waals surface area contributed by atoms with Crippen LogP contribution >= 0.6 is 0 Å². The molecule has 44 heavy (non-hydrogen) atoms. The van der Waals surface area contributed by atoms with E-state index < -0.39 is 41.7 Å². The van der Waals surface area contributed by atoms with Crippen molar-refractivity contribution in [3.05, 3.63) is 120 Å². The van der Waals surface area contributed by atoms with E-state index in [1.54, 1.807) is 66.7 Å². The van der Waals surface area contributed by atoms with Crippen LogP contribution in [-0.4, -0.2) is 42.4 Å². The van der Waals surface area contributed by atoms with Gasteiger partial charge in [-0.2, -0.15) is 0 Å². The average molecular weight is 585 g/mol. The Labute approximate surface area is 251 Å². The molecule has 4 aliphatic rings. The molecule has 0 radical (unpaired) electrons. The highest BCUT2D eigenvalue weighted by Crippen LogP contribution is 2.50. The van der Waals surface area contributed by atoms with Crippen molar-refractivity contribution in [2.45, 2.75) is 12.1 Å². The molecule has 0 spiro atoms. The number of ketones is 1. The number of nitrogens with zero attached hydrogens (tertiary/aromatic N) is 2. The topological polar surface area (TPSA) is 102 Å². The maximum Gasteiger partial charge on any atom is 0.335 e. The molecular formula is C35H24N2O7. The van der Waals surface area contributed by atoms with Gasteiger partial charge in [-0.1, -0.05) is 60.7 Å². The predicted molar refractivity (Wildman–Crippen MR) is 160 cm³/mol. The van der Waals surface area contributed by atoms with Crippen LogP contribution in [0.15, 0.2) is 103 Å². The number of anilines is 2. The summed E-state index contributed by atoms with van der Waals surface area (Å²) in [6.45, 7) is 0.0580. The second kappa shape index (κ2) is 9.95. The van der Waals surface area contributed by atoms with E-state index >= 15 is 0 Å². The first-order valence-electron chi connectivity index (χ1n) is 14.2. The molecule has 2 fully saturated rings. The summed E-state index contributed by atoms with van der Waals surface area (Å²) < 4.78 is 16.7. The normalized spacial score (nSPS) is 22.5. The molecule has 0 aliphatic carbocycles. The van der Waals surface area contributed by atoms with E-state index in [4.69, 9.17) is 14.2 Å². The second-order valence-corrected chi connectivity index (χ2v) is 11.0. The van der Waals surface area contributed by atoms with Crippen LogP contribution in [-0.2, 0) is 14.4 Å². The molecule has 0 unspecified atom stereocenters. The number of ether oxygens (including phenoxy) is 3. The lowest BCUT2D eigenvalue weighted by Gasteiger charge is -2.36. The van der Waals surface area contributed by atoms with E-state index in [0.29, 0.717) is 28.3 Å². The Morgan fingerprint density at radius 3 is 2.27 bits per heavy atom. The molecule has 216 valence electrons. The molecule has 8 rings (SSSR count). The molecule has 0 bridgehead atoms. The molecule has 4 aromatic carbocycles. The Kier molecular flexibility index (Phi) is 5.87. The maximum absolute atomic E-state index is 14.1. The van der Waals surface area contributed by atoms with Crippen molar-refractivity contribution >= 4 is 41.0 Å².